The molecule has 8 rings (SSSR count). The lowest BCUT2D eigenvalue weighted by molar-refractivity contribution is -0.153. The summed E-state index contributed by atoms with van der Waals surface area (Å²) < 4.78 is 57.0. The first-order valence-corrected chi connectivity index (χ1v) is 23.4. The third-order valence-corrected chi connectivity index (χ3v) is 14.0. The number of cyclic esters (lactones) is 1. The number of aliphatic hydroxyl groups excluding tert-OH is 1. The Morgan fingerprint density at radius 2 is 1.81 bits per heavy atom. The Kier molecular flexibility index (Phi) is 13.7. The number of nitrogens with one attached hydrogen (secondary N) is 2. The van der Waals surface area contributed by atoms with Gasteiger partial charge < -0.3 is 24.0 Å². The summed E-state index contributed by atoms with van der Waals surface area (Å²) in [5.41, 5.74) is 8.02. The first-order valence-electron chi connectivity index (χ1n) is 23.4. The Morgan fingerprint density at radius 1 is 1.07 bits per heavy atom. The molecule has 3 N–H and O–H groups in total. The van der Waals surface area contributed by atoms with E-state index < -0.39 is 65.6 Å². The number of carbonyl (C=O) groups excluding carboxylic acids is 4. The molecule has 368 valence electrons. The molecule has 0 spiro atoms. The molecular formula is C51H61F3N8O7. The van der Waals surface area contributed by atoms with E-state index in [1.807, 2.05) is 64.9 Å². The highest BCUT2D eigenvalue weighted by molar-refractivity contribution is 5.97. The topological polar surface area (TPSA) is 162 Å². The average molecular weight is 955 g/mol. The van der Waals surface area contributed by atoms with Gasteiger partial charge in [0.25, 0.3) is 5.91 Å². The number of hydrogen-bond acceptors (Lipinski definition) is 10. The lowest BCUT2D eigenvalue weighted by Crippen LogP contribution is -2.62. The number of halogens is 3. The average Bonchev–Trinajstić information content (AvgIpc) is 3.58. The van der Waals surface area contributed by atoms with E-state index in [0.717, 1.165) is 0 Å². The minimum Gasteiger partial charge on any atom is -0.464 e. The van der Waals surface area contributed by atoms with Gasteiger partial charge in [-0.3, -0.25) is 34.7 Å². The minimum absolute atomic E-state index is 0.0239. The van der Waals surface area contributed by atoms with Gasteiger partial charge in [-0.25, -0.2) is 15.2 Å². The lowest BCUT2D eigenvalue weighted by Gasteiger charge is -2.41. The van der Waals surface area contributed by atoms with Gasteiger partial charge in [0.15, 0.2) is 0 Å². The molecule has 3 aliphatic heterocycles. The molecule has 0 radical (unpaired) electrons. The highest BCUT2D eigenvalue weighted by Crippen LogP contribution is 2.56. The number of benzene rings is 2. The van der Waals surface area contributed by atoms with E-state index in [1.165, 1.54) is 20.8 Å². The maximum atomic E-state index is 14.6. The molecule has 1 unspecified atom stereocenters. The molecule has 69 heavy (non-hydrogen) atoms. The normalized spacial score (nSPS) is 21.2. The Bertz CT molecular complexity index is 2700. The molecule has 4 aromatic rings. The van der Waals surface area contributed by atoms with E-state index in [-0.39, 0.29) is 55.6 Å². The molecule has 18 heteroatoms. The van der Waals surface area contributed by atoms with Crippen molar-refractivity contribution in [2.24, 2.45) is 17.3 Å². The molecule has 4 atom stereocenters. The number of carbonyl (C=O) groups is 4. The third-order valence-electron chi connectivity index (χ3n) is 14.0. The maximum absolute atomic E-state index is 14.6. The van der Waals surface area contributed by atoms with Crippen LogP contribution in [0.25, 0.3) is 33.3 Å². The molecule has 5 heterocycles. The zero-order valence-corrected chi connectivity index (χ0v) is 40.3. The van der Waals surface area contributed by atoms with E-state index in [2.05, 4.69) is 27.7 Å². The number of ether oxygens (including phenoxy) is 2. The highest BCUT2D eigenvalue weighted by atomic mass is 19.4. The SMILES string of the molecule is CC(C)[C@H](COC1CN(C(=O)C#CC(C)(C)N(C)C)C1)C(=O)NN1Cc2cccc(c2)-c2ccc3c(c2)c2c(n3CC(F)(F)F)-c3cccnc3[C@@H](O)C2C(C)(C)COC(=O)[C@@H]2CCCN(N2)C1=O. The van der Waals surface area contributed by atoms with Gasteiger partial charge in [-0.2, -0.15) is 13.2 Å². The summed E-state index contributed by atoms with van der Waals surface area (Å²) in [5.74, 6) is 2.53. The molecular weight excluding hydrogens is 894 g/mol. The summed E-state index contributed by atoms with van der Waals surface area (Å²) in [5, 5.41) is 15.2. The van der Waals surface area contributed by atoms with Crippen molar-refractivity contribution in [1.82, 2.24) is 40.2 Å². The number of urea groups is 1. The Balaban J connectivity index is 1.12. The number of rotatable bonds is 8. The van der Waals surface area contributed by atoms with Gasteiger partial charge in [-0.15, -0.1) is 0 Å². The molecule has 4 amide bonds. The van der Waals surface area contributed by atoms with Gasteiger partial charge in [0.2, 0.25) is 5.91 Å². The van der Waals surface area contributed by atoms with Crippen LogP contribution in [0.1, 0.15) is 83.2 Å². The number of nitrogens with zero attached hydrogens (tertiary/aromatic N) is 6. The lowest BCUT2D eigenvalue weighted by atomic mass is 9.67. The molecule has 2 fully saturated rings. The number of amides is 4. The van der Waals surface area contributed by atoms with Crippen molar-refractivity contribution in [1.29, 1.82) is 0 Å². The quantitative estimate of drug-likeness (QED) is 0.133. The number of likely N-dealkylation sites (tertiary alicyclic amines) is 1. The zero-order valence-electron chi connectivity index (χ0n) is 40.3. The van der Waals surface area contributed by atoms with E-state index in [9.17, 15) is 37.5 Å². The monoisotopic (exact) mass is 954 g/mol. The van der Waals surface area contributed by atoms with Gasteiger partial charge in [0.05, 0.1) is 48.7 Å². The number of pyridine rings is 1. The molecule has 4 aliphatic rings. The number of alkyl halides is 3. The second-order valence-corrected chi connectivity index (χ2v) is 20.4. The molecule has 0 saturated carbocycles. The van der Waals surface area contributed by atoms with E-state index in [0.29, 0.717) is 64.7 Å². The molecule has 15 nitrogen and oxygen atoms in total. The summed E-state index contributed by atoms with van der Waals surface area (Å²) in [6, 6.07) is 14.2. The van der Waals surface area contributed by atoms with Crippen molar-refractivity contribution in [2.45, 2.75) is 103 Å². The van der Waals surface area contributed by atoms with Crippen molar-refractivity contribution in [2.75, 3.05) is 46.9 Å². The number of aromatic nitrogens is 2. The van der Waals surface area contributed by atoms with Crippen LogP contribution >= 0.6 is 0 Å². The van der Waals surface area contributed by atoms with E-state index in [4.69, 9.17) is 9.47 Å². The predicted molar refractivity (Wildman–Crippen MR) is 251 cm³/mol. The second-order valence-electron chi connectivity index (χ2n) is 20.4. The standard InChI is InChI=1S/C51H61F3N8O7/c1-30(2)37(27-68-34-25-59(26-34)40(63)18-19-50(5,6)58(7)8)46(65)57-62-24-31-12-9-13-32(22-31)33-16-17-39-36(23-33)41-42(49(3,4)29-69-47(66)38-15-11-21-61(56-38)48(62)67)45(64)43-35(14-10-20-55-43)44(41)60(39)28-51(52,53)54/h9-10,12-14,16-17,20,22-23,30,34,37-38,42,45,56,64H,11,15,21,24-29H2,1-8H3,(H,57,65)/t37-,38-,42?,45-/m0/s1. The number of hydrazine groups is 2. The summed E-state index contributed by atoms with van der Waals surface area (Å²) in [6.07, 6.45) is -3.91. The zero-order chi connectivity index (χ0) is 49.7. The van der Waals surface area contributed by atoms with Crippen LogP contribution in [0.15, 0.2) is 60.8 Å². The van der Waals surface area contributed by atoms with Crippen LogP contribution in [0.2, 0.25) is 0 Å². The Morgan fingerprint density at radius 3 is 2.52 bits per heavy atom. The van der Waals surface area contributed by atoms with E-state index in [1.54, 1.807) is 55.1 Å². The first kappa shape index (κ1) is 49.4. The second kappa shape index (κ2) is 19.1. The van der Waals surface area contributed by atoms with Crippen molar-refractivity contribution in [3.05, 3.63) is 77.6 Å². The van der Waals surface area contributed by atoms with Crippen LogP contribution in [0.5, 0.6) is 0 Å². The van der Waals surface area contributed by atoms with Crippen LogP contribution < -0.4 is 10.9 Å². The number of aliphatic hydroxyl groups is 1. The fraction of sp³-hybridized carbons (Fsp3) is 0.510. The van der Waals surface area contributed by atoms with Crippen molar-refractivity contribution < 1.29 is 46.9 Å². The Hall–Kier alpha value is -6.00. The van der Waals surface area contributed by atoms with Crippen LogP contribution in [0, 0.1) is 29.1 Å². The molecule has 2 saturated heterocycles. The first-order chi connectivity index (χ1) is 32.5. The largest absolute Gasteiger partial charge is 0.464 e. The van der Waals surface area contributed by atoms with Crippen molar-refractivity contribution in [3.63, 3.8) is 0 Å². The molecule has 6 bridgehead atoms. The highest BCUT2D eigenvalue weighted by Gasteiger charge is 2.48. The van der Waals surface area contributed by atoms with Crippen LogP contribution in [0.3, 0.4) is 0 Å². The maximum Gasteiger partial charge on any atom is 0.406 e. The summed E-state index contributed by atoms with van der Waals surface area (Å²) >= 11 is 0. The fourth-order valence-electron chi connectivity index (χ4n) is 9.50. The Labute approximate surface area is 400 Å². The third kappa shape index (κ3) is 10.2. The van der Waals surface area contributed by atoms with Gasteiger partial charge in [-0.05, 0) is 105 Å². The molecule has 2 aromatic carbocycles. The van der Waals surface area contributed by atoms with Crippen LogP contribution in [-0.2, 0) is 36.9 Å². The van der Waals surface area contributed by atoms with Gasteiger partial charge in [0.1, 0.15) is 18.7 Å². The number of hydrogen-bond donors (Lipinski definition) is 3. The predicted octanol–water partition coefficient (Wildman–Crippen LogP) is 6.41. The van der Waals surface area contributed by atoms with Crippen LogP contribution in [-0.4, -0.2) is 129 Å². The molecule has 2 aromatic heterocycles. The summed E-state index contributed by atoms with van der Waals surface area (Å²) in [7, 11) is 3.78. The summed E-state index contributed by atoms with van der Waals surface area (Å²) in [6.45, 7) is 10.5. The van der Waals surface area contributed by atoms with Crippen molar-refractivity contribution in [3.8, 4) is 34.2 Å². The van der Waals surface area contributed by atoms with Crippen molar-refractivity contribution >= 4 is 34.7 Å². The fourth-order valence-corrected chi connectivity index (χ4v) is 9.50. The van der Waals surface area contributed by atoms with Gasteiger partial charge in [-0.1, -0.05) is 57.9 Å². The van der Waals surface area contributed by atoms with E-state index >= 15 is 0 Å². The number of esters is 1. The smallest absolute Gasteiger partial charge is 0.406 e. The minimum atomic E-state index is -4.60. The van der Waals surface area contributed by atoms with Gasteiger partial charge >= 0.3 is 18.2 Å². The summed E-state index contributed by atoms with van der Waals surface area (Å²) in [4.78, 5) is 63.6. The van der Waals surface area contributed by atoms with Gasteiger partial charge in [0, 0.05) is 53.6 Å². The molecule has 1 aliphatic carbocycles. The van der Waals surface area contributed by atoms with Crippen LogP contribution in [0.4, 0.5) is 18.0 Å². The number of fused-ring (bicyclic) bond motifs is 8.